The van der Waals surface area contributed by atoms with Crippen LogP contribution in [-0.4, -0.2) is 41.4 Å². The fourth-order valence-corrected chi connectivity index (χ4v) is 2.02. The fraction of sp³-hybridized carbons (Fsp3) is 0.667. The first-order valence-corrected chi connectivity index (χ1v) is 4.37. The second-order valence-corrected chi connectivity index (χ2v) is 3.66. The van der Waals surface area contributed by atoms with Crippen LogP contribution < -0.4 is 0 Å². The lowest BCUT2D eigenvalue weighted by Gasteiger charge is -2.51. The van der Waals surface area contributed by atoms with Crippen molar-refractivity contribution >= 4 is 5.91 Å². The molecule has 2 rings (SSSR count). The summed E-state index contributed by atoms with van der Waals surface area (Å²) in [6.07, 6.45) is -0.594. The number of ether oxygens (including phenoxy) is 1. The largest absolute Gasteiger partial charge is 0.392 e. The summed E-state index contributed by atoms with van der Waals surface area (Å²) < 4.78 is 5.14. The minimum Gasteiger partial charge on any atom is -0.392 e. The molecule has 2 saturated heterocycles. The molecule has 1 N–H and O–H groups in total. The fourth-order valence-electron chi connectivity index (χ4n) is 2.02. The van der Waals surface area contributed by atoms with Crippen molar-refractivity contribution in [2.24, 2.45) is 5.92 Å². The first kappa shape index (κ1) is 8.72. The maximum Gasteiger partial charge on any atom is 0.233 e. The van der Waals surface area contributed by atoms with Crippen LogP contribution in [0.1, 0.15) is 6.92 Å². The van der Waals surface area contributed by atoms with Gasteiger partial charge in [-0.25, -0.2) is 0 Å². The molecule has 13 heavy (non-hydrogen) atoms. The highest BCUT2D eigenvalue weighted by atomic mass is 16.5. The molecule has 0 bridgehead atoms. The first-order valence-electron chi connectivity index (χ1n) is 4.37. The molecule has 0 radical (unpaired) electrons. The van der Waals surface area contributed by atoms with Crippen molar-refractivity contribution in [3.63, 3.8) is 0 Å². The minimum atomic E-state index is -0.594. The first-order chi connectivity index (χ1) is 6.13. The number of nitrogens with zero attached hydrogens (tertiary/aromatic N) is 1. The normalized spacial score (nSPS) is 35.4. The third-order valence-corrected chi connectivity index (χ3v) is 2.70. The van der Waals surface area contributed by atoms with Crippen LogP contribution in [0.25, 0.3) is 0 Å². The summed E-state index contributed by atoms with van der Waals surface area (Å²) in [4.78, 5) is 13.0. The van der Waals surface area contributed by atoms with Crippen molar-refractivity contribution in [2.45, 2.75) is 19.1 Å². The Balaban J connectivity index is 2.16. The van der Waals surface area contributed by atoms with Crippen LogP contribution in [0, 0.1) is 5.92 Å². The Labute approximate surface area is 76.8 Å². The molecule has 0 saturated carbocycles. The topological polar surface area (TPSA) is 49.8 Å². The monoisotopic (exact) mass is 183 g/mol. The van der Waals surface area contributed by atoms with Crippen molar-refractivity contribution in [1.29, 1.82) is 0 Å². The smallest absolute Gasteiger partial charge is 0.233 e. The van der Waals surface area contributed by atoms with Crippen LogP contribution in [0.15, 0.2) is 12.2 Å². The van der Waals surface area contributed by atoms with Gasteiger partial charge >= 0.3 is 0 Å². The van der Waals surface area contributed by atoms with E-state index in [4.69, 9.17) is 4.74 Å². The molecule has 4 nitrogen and oxygen atoms in total. The van der Waals surface area contributed by atoms with E-state index in [0.717, 1.165) is 5.57 Å². The Morgan fingerprint density at radius 2 is 2.46 bits per heavy atom. The molecule has 2 aliphatic rings. The van der Waals surface area contributed by atoms with E-state index in [1.165, 1.54) is 0 Å². The predicted octanol–water partition coefficient (Wildman–Crippen LogP) is -0.262. The molecule has 0 aliphatic carbocycles. The minimum absolute atomic E-state index is 0.00116. The van der Waals surface area contributed by atoms with Gasteiger partial charge in [-0.3, -0.25) is 4.79 Å². The summed E-state index contributed by atoms with van der Waals surface area (Å²) >= 11 is 0. The van der Waals surface area contributed by atoms with E-state index in [9.17, 15) is 9.90 Å². The van der Waals surface area contributed by atoms with Crippen LogP contribution in [0.3, 0.4) is 0 Å². The van der Waals surface area contributed by atoms with Crippen molar-refractivity contribution in [1.82, 2.24) is 4.90 Å². The number of aliphatic hydroxyl groups is 1. The molecule has 72 valence electrons. The molecular weight excluding hydrogens is 170 g/mol. The van der Waals surface area contributed by atoms with Gasteiger partial charge in [0.25, 0.3) is 0 Å². The highest BCUT2D eigenvalue weighted by molar-refractivity contribution is 5.88. The van der Waals surface area contributed by atoms with E-state index in [-0.39, 0.29) is 17.9 Å². The number of fused-ring (bicyclic) bond motifs is 1. The summed E-state index contributed by atoms with van der Waals surface area (Å²) in [5, 5.41) is 9.37. The zero-order valence-electron chi connectivity index (χ0n) is 7.56. The van der Waals surface area contributed by atoms with Crippen molar-refractivity contribution < 1.29 is 14.6 Å². The zero-order valence-corrected chi connectivity index (χ0v) is 7.56. The van der Waals surface area contributed by atoms with E-state index in [2.05, 4.69) is 6.58 Å². The maximum atomic E-state index is 11.4. The predicted molar refractivity (Wildman–Crippen MR) is 45.8 cm³/mol. The van der Waals surface area contributed by atoms with Crippen LogP contribution in [0.4, 0.5) is 0 Å². The van der Waals surface area contributed by atoms with Gasteiger partial charge in [0, 0.05) is 0 Å². The summed E-state index contributed by atoms with van der Waals surface area (Å²) in [6.45, 7) is 6.31. The van der Waals surface area contributed by atoms with Gasteiger partial charge in [0.05, 0.1) is 24.7 Å². The molecule has 2 aliphatic heterocycles. The second-order valence-electron chi connectivity index (χ2n) is 3.66. The average Bonchev–Trinajstić information content (AvgIpc) is 2.05. The van der Waals surface area contributed by atoms with Gasteiger partial charge < -0.3 is 14.7 Å². The Morgan fingerprint density at radius 1 is 1.77 bits per heavy atom. The number of β-lactam (4-membered cyclic amide) rings is 1. The Morgan fingerprint density at radius 3 is 3.08 bits per heavy atom. The molecule has 0 aromatic heterocycles. The Hall–Kier alpha value is -0.870. The summed E-state index contributed by atoms with van der Waals surface area (Å²) in [5.41, 5.74) is 0.886. The molecule has 0 aromatic rings. The quantitative estimate of drug-likeness (QED) is 0.450. The number of amides is 1. The Kier molecular flexibility index (Phi) is 1.89. The van der Waals surface area contributed by atoms with E-state index in [1.807, 2.05) is 0 Å². The highest BCUT2D eigenvalue weighted by Crippen LogP contribution is 2.36. The number of hydrogen-bond donors (Lipinski definition) is 1. The maximum absolute atomic E-state index is 11.4. The van der Waals surface area contributed by atoms with Gasteiger partial charge in [0.1, 0.15) is 6.73 Å². The van der Waals surface area contributed by atoms with Gasteiger partial charge in [0.2, 0.25) is 5.91 Å². The van der Waals surface area contributed by atoms with Crippen LogP contribution in [0.5, 0.6) is 0 Å². The van der Waals surface area contributed by atoms with E-state index in [1.54, 1.807) is 11.8 Å². The third kappa shape index (κ3) is 1.09. The molecule has 2 heterocycles. The van der Waals surface area contributed by atoms with Crippen LogP contribution in [-0.2, 0) is 9.53 Å². The van der Waals surface area contributed by atoms with E-state index >= 15 is 0 Å². The molecule has 4 heteroatoms. The lowest BCUT2D eigenvalue weighted by molar-refractivity contribution is -0.177. The van der Waals surface area contributed by atoms with Crippen molar-refractivity contribution in [2.75, 3.05) is 13.3 Å². The number of hydrogen-bond acceptors (Lipinski definition) is 3. The van der Waals surface area contributed by atoms with Gasteiger partial charge in [-0.05, 0) is 12.5 Å². The molecule has 3 atom stereocenters. The summed E-state index contributed by atoms with van der Waals surface area (Å²) in [7, 11) is 0. The van der Waals surface area contributed by atoms with Gasteiger partial charge in [-0.2, -0.15) is 0 Å². The number of rotatable bonds is 1. The summed E-state index contributed by atoms with van der Waals surface area (Å²) in [6, 6.07) is 0.00116. The molecule has 1 amide bonds. The SMILES string of the molecule is C=C1COCN2C(=O)[C@H]([C@@H](C)O)[C@@H]12. The zero-order chi connectivity index (χ0) is 9.59. The molecule has 2 fully saturated rings. The van der Waals surface area contributed by atoms with Gasteiger partial charge in [-0.15, -0.1) is 0 Å². The highest BCUT2D eigenvalue weighted by Gasteiger charge is 2.52. The standard InChI is InChI=1S/C9H13NO3/c1-5-3-13-4-10-8(5)7(6(2)11)9(10)12/h6-8,11H,1,3-4H2,2H3/t6-,7-,8-/m1/s1. The van der Waals surface area contributed by atoms with Gasteiger partial charge in [0.15, 0.2) is 0 Å². The lowest BCUT2D eigenvalue weighted by atomic mass is 9.79. The van der Waals surface area contributed by atoms with E-state index < -0.39 is 6.10 Å². The van der Waals surface area contributed by atoms with Crippen LogP contribution >= 0.6 is 0 Å². The second kappa shape index (κ2) is 2.82. The average molecular weight is 183 g/mol. The molecule has 0 spiro atoms. The Bertz CT molecular complexity index is 262. The van der Waals surface area contributed by atoms with E-state index in [0.29, 0.717) is 13.3 Å². The molecular formula is C9H13NO3. The van der Waals surface area contributed by atoms with Crippen LogP contribution in [0.2, 0.25) is 0 Å². The van der Waals surface area contributed by atoms with Crippen molar-refractivity contribution in [3.05, 3.63) is 12.2 Å². The lowest BCUT2D eigenvalue weighted by Crippen LogP contribution is -2.67. The molecule has 0 unspecified atom stereocenters. The summed E-state index contributed by atoms with van der Waals surface area (Å²) in [5.74, 6) is -0.322. The third-order valence-electron chi connectivity index (χ3n) is 2.70. The van der Waals surface area contributed by atoms with Gasteiger partial charge in [-0.1, -0.05) is 6.58 Å². The molecule has 0 aromatic carbocycles. The number of carbonyl (C=O) groups is 1. The van der Waals surface area contributed by atoms with Crippen molar-refractivity contribution in [3.8, 4) is 0 Å². The number of carbonyl (C=O) groups excluding carboxylic acids is 1. The number of aliphatic hydroxyl groups excluding tert-OH is 1.